The van der Waals surface area contributed by atoms with Crippen LogP contribution in [0.1, 0.15) is 5.56 Å². The molecule has 0 spiro atoms. The molecule has 0 bridgehead atoms. The molecule has 0 radical (unpaired) electrons. The summed E-state index contributed by atoms with van der Waals surface area (Å²) < 4.78 is 0.955. The van der Waals surface area contributed by atoms with Crippen LogP contribution in [0.2, 0.25) is 0 Å². The maximum absolute atomic E-state index is 8.98. The number of anilines is 3. The molecule has 0 aliphatic heterocycles. The molecule has 2 rings (SSSR count). The lowest BCUT2D eigenvalue weighted by molar-refractivity contribution is 1.29. The number of rotatable bonds is 2. The third-order valence-corrected chi connectivity index (χ3v) is 2.61. The van der Waals surface area contributed by atoms with Gasteiger partial charge in [0.1, 0.15) is 11.9 Å². The normalized spacial score (nSPS) is 9.65. The molecule has 0 saturated heterocycles. The summed E-state index contributed by atoms with van der Waals surface area (Å²) in [6.07, 6.45) is 1.52. The number of nitrogen functional groups attached to an aromatic ring is 1. The Morgan fingerprint density at radius 2 is 2.18 bits per heavy atom. The van der Waals surface area contributed by atoms with Gasteiger partial charge in [0.25, 0.3) is 0 Å². The van der Waals surface area contributed by atoms with Crippen LogP contribution in [-0.2, 0) is 0 Å². The molecule has 17 heavy (non-hydrogen) atoms. The van der Waals surface area contributed by atoms with Crippen molar-refractivity contribution in [1.29, 1.82) is 5.26 Å². The summed E-state index contributed by atoms with van der Waals surface area (Å²) in [5, 5.41) is 12.1. The van der Waals surface area contributed by atoms with E-state index in [4.69, 9.17) is 11.0 Å². The Hall–Kier alpha value is -2.06. The van der Waals surface area contributed by atoms with Crippen molar-refractivity contribution in [2.24, 2.45) is 0 Å². The Bertz CT molecular complexity index is 589. The number of hydrogen-bond acceptors (Lipinski definition) is 4. The first-order chi connectivity index (χ1) is 8.19. The van der Waals surface area contributed by atoms with Gasteiger partial charge in [0.15, 0.2) is 0 Å². The van der Waals surface area contributed by atoms with Crippen molar-refractivity contribution >= 4 is 33.1 Å². The molecule has 0 saturated carbocycles. The second-order valence-electron chi connectivity index (χ2n) is 3.41. The van der Waals surface area contributed by atoms with Gasteiger partial charge in [0.2, 0.25) is 0 Å². The smallest absolute Gasteiger partial charge is 0.148 e. The highest BCUT2D eigenvalue weighted by atomic mass is 79.9. The van der Waals surface area contributed by atoms with Gasteiger partial charge >= 0.3 is 0 Å². The number of benzene rings is 1. The van der Waals surface area contributed by atoms with Gasteiger partial charge in [-0.15, -0.1) is 0 Å². The molecule has 5 heteroatoms. The molecule has 2 aromatic rings. The SMILES string of the molecule is N#Cc1cc(N)cnc1Nc1cccc(Br)c1. The topological polar surface area (TPSA) is 74.7 Å². The zero-order valence-corrected chi connectivity index (χ0v) is 10.4. The van der Waals surface area contributed by atoms with Crippen LogP contribution in [0.25, 0.3) is 0 Å². The van der Waals surface area contributed by atoms with E-state index < -0.39 is 0 Å². The van der Waals surface area contributed by atoms with Gasteiger partial charge in [0.05, 0.1) is 17.4 Å². The largest absolute Gasteiger partial charge is 0.397 e. The van der Waals surface area contributed by atoms with E-state index in [-0.39, 0.29) is 0 Å². The fraction of sp³-hybridized carbons (Fsp3) is 0. The minimum Gasteiger partial charge on any atom is -0.397 e. The van der Waals surface area contributed by atoms with E-state index in [1.54, 1.807) is 6.07 Å². The highest BCUT2D eigenvalue weighted by Crippen LogP contribution is 2.22. The van der Waals surface area contributed by atoms with Crippen LogP contribution in [0.15, 0.2) is 41.0 Å². The maximum atomic E-state index is 8.98. The molecule has 1 aromatic carbocycles. The molecule has 0 amide bonds. The van der Waals surface area contributed by atoms with Gasteiger partial charge in [-0.1, -0.05) is 22.0 Å². The van der Waals surface area contributed by atoms with Gasteiger partial charge in [0, 0.05) is 10.2 Å². The van der Waals surface area contributed by atoms with Crippen LogP contribution >= 0.6 is 15.9 Å². The van der Waals surface area contributed by atoms with E-state index in [1.807, 2.05) is 24.3 Å². The predicted molar refractivity (Wildman–Crippen MR) is 70.8 cm³/mol. The zero-order valence-electron chi connectivity index (χ0n) is 8.81. The van der Waals surface area contributed by atoms with E-state index >= 15 is 0 Å². The van der Waals surface area contributed by atoms with Gasteiger partial charge in [-0.2, -0.15) is 5.26 Å². The van der Waals surface area contributed by atoms with Crippen molar-refractivity contribution in [3.8, 4) is 6.07 Å². The third-order valence-electron chi connectivity index (χ3n) is 2.12. The van der Waals surface area contributed by atoms with Crippen LogP contribution in [-0.4, -0.2) is 4.98 Å². The van der Waals surface area contributed by atoms with E-state index in [0.29, 0.717) is 17.1 Å². The van der Waals surface area contributed by atoms with Crippen molar-refractivity contribution in [1.82, 2.24) is 4.98 Å². The number of nitrogens with zero attached hydrogens (tertiary/aromatic N) is 2. The monoisotopic (exact) mass is 288 g/mol. The Kier molecular flexibility index (Phi) is 3.26. The first-order valence-electron chi connectivity index (χ1n) is 4.87. The highest BCUT2D eigenvalue weighted by Gasteiger charge is 2.04. The standard InChI is InChI=1S/C12H9BrN4/c13-9-2-1-3-11(5-9)17-12-8(6-14)4-10(15)7-16-12/h1-5,7H,15H2,(H,16,17). The summed E-state index contributed by atoms with van der Waals surface area (Å²) in [5.41, 5.74) is 7.32. The zero-order chi connectivity index (χ0) is 12.3. The fourth-order valence-electron chi connectivity index (χ4n) is 1.37. The molecule has 84 valence electrons. The Morgan fingerprint density at radius 1 is 1.35 bits per heavy atom. The molecule has 1 heterocycles. The van der Waals surface area contributed by atoms with Crippen LogP contribution in [0.4, 0.5) is 17.2 Å². The lowest BCUT2D eigenvalue weighted by atomic mass is 10.2. The van der Waals surface area contributed by atoms with E-state index in [1.165, 1.54) is 6.20 Å². The second-order valence-corrected chi connectivity index (χ2v) is 4.33. The molecular formula is C12H9BrN4. The summed E-state index contributed by atoms with van der Waals surface area (Å²) in [7, 11) is 0. The molecule has 0 aliphatic rings. The second kappa shape index (κ2) is 4.85. The lowest BCUT2D eigenvalue weighted by Crippen LogP contribution is -1.98. The first kappa shape index (κ1) is 11.4. The number of nitriles is 1. The molecule has 0 fully saturated rings. The van der Waals surface area contributed by atoms with Crippen molar-refractivity contribution in [2.45, 2.75) is 0 Å². The highest BCUT2D eigenvalue weighted by molar-refractivity contribution is 9.10. The molecule has 4 nitrogen and oxygen atoms in total. The van der Waals surface area contributed by atoms with E-state index in [2.05, 4.69) is 32.3 Å². The molecule has 1 aromatic heterocycles. The Labute approximate surface area is 107 Å². The number of hydrogen-bond donors (Lipinski definition) is 2. The van der Waals surface area contributed by atoms with Crippen molar-refractivity contribution < 1.29 is 0 Å². The van der Waals surface area contributed by atoms with Gasteiger partial charge < -0.3 is 11.1 Å². The molecule has 3 N–H and O–H groups in total. The van der Waals surface area contributed by atoms with Gasteiger partial charge in [-0.25, -0.2) is 4.98 Å². The summed E-state index contributed by atoms with van der Waals surface area (Å²) in [4.78, 5) is 4.10. The van der Waals surface area contributed by atoms with Gasteiger partial charge in [-0.05, 0) is 24.3 Å². The number of nitrogens with one attached hydrogen (secondary N) is 1. The van der Waals surface area contributed by atoms with Crippen LogP contribution in [0, 0.1) is 11.3 Å². The van der Waals surface area contributed by atoms with Crippen molar-refractivity contribution in [3.63, 3.8) is 0 Å². The first-order valence-corrected chi connectivity index (χ1v) is 5.66. The number of halogens is 1. The van der Waals surface area contributed by atoms with Crippen LogP contribution < -0.4 is 11.1 Å². The van der Waals surface area contributed by atoms with E-state index in [9.17, 15) is 0 Å². The third kappa shape index (κ3) is 2.74. The average molecular weight is 289 g/mol. The molecule has 0 atom stereocenters. The average Bonchev–Trinajstić information content (AvgIpc) is 2.31. The number of pyridine rings is 1. The predicted octanol–water partition coefficient (Wildman–Crippen LogP) is 3.04. The molecule has 0 unspecified atom stereocenters. The molecule has 0 aliphatic carbocycles. The fourth-order valence-corrected chi connectivity index (χ4v) is 1.77. The quantitative estimate of drug-likeness (QED) is 0.891. The minimum atomic E-state index is 0.421. The summed E-state index contributed by atoms with van der Waals surface area (Å²) in [6, 6.07) is 11.3. The number of nitrogens with two attached hydrogens (primary N) is 1. The van der Waals surface area contributed by atoms with E-state index in [0.717, 1.165) is 10.2 Å². The van der Waals surface area contributed by atoms with Crippen LogP contribution in [0.5, 0.6) is 0 Å². The van der Waals surface area contributed by atoms with Crippen LogP contribution in [0.3, 0.4) is 0 Å². The van der Waals surface area contributed by atoms with Crippen molar-refractivity contribution in [3.05, 3.63) is 46.6 Å². The Morgan fingerprint density at radius 3 is 2.88 bits per heavy atom. The summed E-state index contributed by atoms with van der Waals surface area (Å²) in [5.74, 6) is 0.500. The Balaban J connectivity index is 2.34. The van der Waals surface area contributed by atoms with Crippen molar-refractivity contribution in [2.75, 3.05) is 11.1 Å². The summed E-state index contributed by atoms with van der Waals surface area (Å²) in [6.45, 7) is 0. The van der Waals surface area contributed by atoms with Gasteiger partial charge in [-0.3, -0.25) is 0 Å². The molecular weight excluding hydrogens is 280 g/mol. The number of aromatic nitrogens is 1. The summed E-state index contributed by atoms with van der Waals surface area (Å²) >= 11 is 3.38. The minimum absolute atomic E-state index is 0.421. The maximum Gasteiger partial charge on any atom is 0.148 e. The lowest BCUT2D eigenvalue weighted by Gasteiger charge is -2.07.